The molecule has 36 heavy (non-hydrogen) atoms. The topological polar surface area (TPSA) is 79.5 Å². The number of amides is 1. The van der Waals surface area contributed by atoms with Crippen LogP contribution in [0.1, 0.15) is 39.7 Å². The molecule has 0 spiro atoms. The number of fused-ring (bicyclic) bond motifs is 1. The summed E-state index contributed by atoms with van der Waals surface area (Å²) in [6.07, 6.45) is 2.79. The van der Waals surface area contributed by atoms with Crippen LogP contribution in [0, 0.1) is 12.8 Å². The van der Waals surface area contributed by atoms with Gasteiger partial charge in [0.05, 0.1) is 18.4 Å². The molecule has 1 atom stereocenters. The molecule has 1 aromatic heterocycles. The van der Waals surface area contributed by atoms with Crippen molar-refractivity contribution < 1.29 is 14.3 Å². The van der Waals surface area contributed by atoms with Gasteiger partial charge in [-0.1, -0.05) is 30.7 Å². The predicted molar refractivity (Wildman–Crippen MR) is 154 cm³/mol. The maximum absolute atomic E-state index is 12.8. The number of methoxy groups -OCH3 is 1. The number of thioether (sulfide) groups is 1. The third-order valence-corrected chi connectivity index (χ3v) is 8.29. The van der Waals surface area contributed by atoms with Gasteiger partial charge >= 0.3 is 5.97 Å². The molecule has 0 saturated heterocycles. The predicted octanol–water partition coefficient (Wildman–Crippen LogP) is 6.51. The zero-order chi connectivity index (χ0) is 25.7. The van der Waals surface area contributed by atoms with Gasteiger partial charge in [0.1, 0.15) is 5.00 Å². The van der Waals surface area contributed by atoms with E-state index >= 15 is 0 Å². The highest BCUT2D eigenvalue weighted by Crippen LogP contribution is 2.40. The van der Waals surface area contributed by atoms with E-state index in [4.69, 9.17) is 17.0 Å². The van der Waals surface area contributed by atoms with E-state index in [0.717, 1.165) is 41.1 Å². The molecule has 1 aliphatic rings. The minimum Gasteiger partial charge on any atom is -0.465 e. The normalized spacial score (nSPS) is 14.5. The molecular weight excluding hydrogens is 511 g/mol. The van der Waals surface area contributed by atoms with E-state index in [9.17, 15) is 9.59 Å². The third-order valence-electron chi connectivity index (χ3n) is 5.93. The summed E-state index contributed by atoms with van der Waals surface area (Å²) in [6, 6.07) is 15.7. The molecule has 0 bridgehead atoms. The molecule has 6 nitrogen and oxygen atoms in total. The summed E-state index contributed by atoms with van der Waals surface area (Å²) in [5.41, 5.74) is 4.47. The molecule has 1 amide bonds. The number of aryl methyl sites for hydroxylation is 1. The van der Waals surface area contributed by atoms with E-state index in [1.807, 2.05) is 55.5 Å². The number of benzene rings is 2. The summed E-state index contributed by atoms with van der Waals surface area (Å²) >= 11 is 8.35. The van der Waals surface area contributed by atoms with Crippen molar-refractivity contribution in [3.8, 4) is 0 Å². The van der Waals surface area contributed by atoms with Gasteiger partial charge in [0.2, 0.25) is 5.91 Å². The van der Waals surface area contributed by atoms with Crippen LogP contribution in [-0.2, 0) is 22.4 Å². The Morgan fingerprint density at radius 2 is 1.86 bits per heavy atom. The first-order valence-corrected chi connectivity index (χ1v) is 13.9. The summed E-state index contributed by atoms with van der Waals surface area (Å²) in [5, 5.41) is 10.4. The molecule has 1 unspecified atom stereocenters. The number of thiophene rings is 1. The van der Waals surface area contributed by atoms with Crippen LogP contribution in [0.4, 0.5) is 16.4 Å². The number of anilines is 3. The van der Waals surface area contributed by atoms with Crippen LogP contribution in [0.25, 0.3) is 0 Å². The lowest BCUT2D eigenvalue weighted by Crippen LogP contribution is -2.19. The molecule has 3 aromatic rings. The second-order valence-electron chi connectivity index (χ2n) is 8.86. The van der Waals surface area contributed by atoms with E-state index in [1.165, 1.54) is 40.6 Å². The Kier molecular flexibility index (Phi) is 8.66. The number of carbonyl (C=O) groups is 2. The average Bonchev–Trinajstić information content (AvgIpc) is 3.20. The Hall–Kier alpha value is -2.88. The Morgan fingerprint density at radius 3 is 2.61 bits per heavy atom. The lowest BCUT2D eigenvalue weighted by Gasteiger charge is -2.18. The fourth-order valence-corrected chi connectivity index (χ4v) is 6.47. The van der Waals surface area contributed by atoms with Crippen molar-refractivity contribution in [3.63, 3.8) is 0 Å². The first-order chi connectivity index (χ1) is 17.3. The molecule has 0 saturated carbocycles. The van der Waals surface area contributed by atoms with Crippen molar-refractivity contribution >= 4 is 68.7 Å². The SMILES string of the molecule is COC(=O)c1c(NC(=O)CSc2cccc(NC(=S)Nc3ccc(C)cc3)c2)sc2c1CCC(C)C2. The van der Waals surface area contributed by atoms with Crippen LogP contribution in [0.3, 0.4) is 0 Å². The number of rotatable bonds is 7. The maximum Gasteiger partial charge on any atom is 0.341 e. The van der Waals surface area contributed by atoms with Gasteiger partial charge in [0.15, 0.2) is 5.11 Å². The maximum atomic E-state index is 12.8. The van der Waals surface area contributed by atoms with Gasteiger partial charge in [-0.25, -0.2) is 4.79 Å². The highest BCUT2D eigenvalue weighted by Gasteiger charge is 2.28. The molecule has 188 valence electrons. The number of nitrogens with one attached hydrogen (secondary N) is 3. The molecule has 4 rings (SSSR count). The molecule has 0 aliphatic heterocycles. The number of hydrogen-bond donors (Lipinski definition) is 3. The monoisotopic (exact) mass is 539 g/mol. The minimum absolute atomic E-state index is 0.160. The van der Waals surface area contributed by atoms with Crippen LogP contribution in [-0.4, -0.2) is 29.9 Å². The molecular formula is C27H29N3O3S3. The second kappa shape index (κ2) is 11.9. The lowest BCUT2D eigenvalue weighted by molar-refractivity contribution is -0.113. The van der Waals surface area contributed by atoms with Gasteiger partial charge in [-0.15, -0.1) is 23.1 Å². The molecule has 0 fully saturated rings. The Labute approximate surface area is 225 Å². The van der Waals surface area contributed by atoms with Crippen molar-refractivity contribution in [2.45, 2.75) is 38.0 Å². The average molecular weight is 540 g/mol. The fraction of sp³-hybridized carbons (Fsp3) is 0.296. The quantitative estimate of drug-likeness (QED) is 0.179. The zero-order valence-corrected chi connectivity index (χ0v) is 22.9. The number of carbonyl (C=O) groups excluding carboxylic acids is 2. The van der Waals surface area contributed by atoms with Crippen LogP contribution >= 0.6 is 35.3 Å². The summed E-state index contributed by atoms with van der Waals surface area (Å²) in [5.74, 6) is 0.238. The molecule has 1 aliphatic carbocycles. The molecule has 2 aromatic carbocycles. The van der Waals surface area contributed by atoms with E-state index < -0.39 is 0 Å². The minimum atomic E-state index is -0.390. The summed E-state index contributed by atoms with van der Waals surface area (Å²) in [4.78, 5) is 27.4. The second-order valence-corrected chi connectivity index (χ2v) is 11.4. The first-order valence-electron chi connectivity index (χ1n) is 11.7. The summed E-state index contributed by atoms with van der Waals surface area (Å²) in [6.45, 7) is 4.25. The first kappa shape index (κ1) is 26.2. The van der Waals surface area contributed by atoms with Gasteiger partial charge in [0, 0.05) is 21.1 Å². The number of thiocarbonyl (C=S) groups is 1. The summed E-state index contributed by atoms with van der Waals surface area (Å²) in [7, 11) is 1.38. The Bertz CT molecular complexity index is 1270. The van der Waals surface area contributed by atoms with E-state index in [0.29, 0.717) is 21.6 Å². The van der Waals surface area contributed by atoms with Gasteiger partial charge in [0.25, 0.3) is 0 Å². The highest BCUT2D eigenvalue weighted by molar-refractivity contribution is 8.00. The molecule has 9 heteroatoms. The van der Waals surface area contributed by atoms with Gasteiger partial charge in [-0.05, 0) is 80.2 Å². The van der Waals surface area contributed by atoms with E-state index in [2.05, 4.69) is 22.9 Å². The zero-order valence-electron chi connectivity index (χ0n) is 20.5. The van der Waals surface area contributed by atoms with E-state index in [-0.39, 0.29) is 17.6 Å². The molecule has 1 heterocycles. The third kappa shape index (κ3) is 6.66. The largest absolute Gasteiger partial charge is 0.465 e. The highest BCUT2D eigenvalue weighted by atomic mass is 32.2. The molecule has 0 radical (unpaired) electrons. The smallest absolute Gasteiger partial charge is 0.341 e. The van der Waals surface area contributed by atoms with Crippen LogP contribution < -0.4 is 16.0 Å². The van der Waals surface area contributed by atoms with Crippen molar-refractivity contribution in [3.05, 3.63) is 70.1 Å². The van der Waals surface area contributed by atoms with Crippen LogP contribution in [0.2, 0.25) is 0 Å². The standard InChI is InChI=1S/C27H29N3O3S3/c1-16-7-10-18(11-8-16)28-27(34)29-19-5-4-6-20(14-19)35-15-23(31)30-25-24(26(32)33-3)21-12-9-17(2)13-22(21)36-25/h4-8,10-11,14,17H,9,12-13,15H2,1-3H3,(H,30,31)(H2,28,29,34). The number of hydrogen-bond acceptors (Lipinski definition) is 6. The number of esters is 1. The van der Waals surface area contributed by atoms with Gasteiger partial charge < -0.3 is 20.7 Å². The van der Waals surface area contributed by atoms with Crippen LogP contribution in [0.15, 0.2) is 53.4 Å². The Morgan fingerprint density at radius 1 is 1.11 bits per heavy atom. The fourth-order valence-electron chi connectivity index (χ4n) is 4.06. The Balaban J connectivity index is 1.35. The van der Waals surface area contributed by atoms with E-state index in [1.54, 1.807) is 0 Å². The van der Waals surface area contributed by atoms with Crippen molar-refractivity contribution in [2.24, 2.45) is 5.92 Å². The van der Waals surface area contributed by atoms with Crippen molar-refractivity contribution in [2.75, 3.05) is 28.8 Å². The van der Waals surface area contributed by atoms with Gasteiger partial charge in [-0.2, -0.15) is 0 Å². The summed E-state index contributed by atoms with van der Waals surface area (Å²) < 4.78 is 5.02. The van der Waals surface area contributed by atoms with Crippen molar-refractivity contribution in [1.82, 2.24) is 0 Å². The van der Waals surface area contributed by atoms with Gasteiger partial charge in [-0.3, -0.25) is 4.79 Å². The molecule has 3 N–H and O–H groups in total. The lowest BCUT2D eigenvalue weighted by atomic mass is 9.88. The number of ether oxygens (including phenoxy) is 1. The van der Waals surface area contributed by atoms with Crippen molar-refractivity contribution in [1.29, 1.82) is 0 Å². The van der Waals surface area contributed by atoms with Crippen LogP contribution in [0.5, 0.6) is 0 Å².